The molecule has 32 heavy (non-hydrogen) atoms. The Bertz CT molecular complexity index is 1090. The van der Waals surface area contributed by atoms with Gasteiger partial charge in [0.2, 0.25) is 0 Å². The second kappa shape index (κ2) is 9.87. The molecule has 0 saturated heterocycles. The molecular formula is C25H26FN3O3. The standard InChI is InChI=1S/C25H26FN3O3/c1-17(12-24(30)31)14-29-11-10-23-20(15-29)13-27-25(28-23)18-6-8-21(9-7-18)32-16-19-4-2-3-5-22(19)26/h2-9,13,17H,10-12,14-16H2,1H3,(H,30,31). The van der Waals surface area contributed by atoms with Crippen LogP contribution in [0.25, 0.3) is 11.4 Å². The summed E-state index contributed by atoms with van der Waals surface area (Å²) >= 11 is 0. The van der Waals surface area contributed by atoms with Crippen LogP contribution in [0.5, 0.6) is 5.75 Å². The van der Waals surface area contributed by atoms with Crippen LogP contribution in [0.4, 0.5) is 4.39 Å². The Morgan fingerprint density at radius 2 is 2.00 bits per heavy atom. The molecule has 2 heterocycles. The minimum atomic E-state index is -0.758. The molecule has 1 unspecified atom stereocenters. The Hall–Kier alpha value is -3.32. The van der Waals surface area contributed by atoms with Gasteiger partial charge in [0.15, 0.2) is 5.82 Å². The number of carbonyl (C=O) groups is 1. The zero-order valence-electron chi connectivity index (χ0n) is 18.0. The van der Waals surface area contributed by atoms with Crippen LogP contribution in [0.3, 0.4) is 0 Å². The molecule has 1 aliphatic heterocycles. The number of aromatic nitrogens is 2. The lowest BCUT2D eigenvalue weighted by atomic mass is 10.0. The van der Waals surface area contributed by atoms with E-state index in [-0.39, 0.29) is 24.8 Å². The van der Waals surface area contributed by atoms with Crippen LogP contribution >= 0.6 is 0 Å². The Labute approximate surface area is 186 Å². The number of ether oxygens (including phenoxy) is 1. The molecule has 6 nitrogen and oxygen atoms in total. The van der Waals surface area contributed by atoms with E-state index in [0.29, 0.717) is 17.1 Å². The summed E-state index contributed by atoms with van der Waals surface area (Å²) in [5, 5.41) is 8.96. The van der Waals surface area contributed by atoms with Crippen molar-refractivity contribution in [2.24, 2.45) is 5.92 Å². The van der Waals surface area contributed by atoms with Gasteiger partial charge in [-0.25, -0.2) is 14.4 Å². The summed E-state index contributed by atoms with van der Waals surface area (Å²) in [5.41, 5.74) is 3.54. The van der Waals surface area contributed by atoms with Crippen LogP contribution in [0, 0.1) is 11.7 Å². The Kier molecular flexibility index (Phi) is 6.75. The van der Waals surface area contributed by atoms with E-state index in [0.717, 1.165) is 42.9 Å². The van der Waals surface area contributed by atoms with Gasteiger partial charge in [0.1, 0.15) is 18.2 Å². The fourth-order valence-corrected chi connectivity index (χ4v) is 3.95. The Morgan fingerprint density at radius 1 is 1.22 bits per heavy atom. The first kappa shape index (κ1) is 21.9. The predicted octanol–water partition coefficient (Wildman–Crippen LogP) is 4.33. The van der Waals surface area contributed by atoms with E-state index in [9.17, 15) is 9.18 Å². The van der Waals surface area contributed by atoms with Gasteiger partial charge < -0.3 is 9.84 Å². The van der Waals surface area contributed by atoms with E-state index in [1.165, 1.54) is 6.07 Å². The quantitative estimate of drug-likeness (QED) is 0.568. The van der Waals surface area contributed by atoms with E-state index in [2.05, 4.69) is 9.88 Å². The number of carboxylic acid groups (broad SMARTS) is 1. The number of aliphatic carboxylic acids is 1. The van der Waals surface area contributed by atoms with Gasteiger partial charge in [-0.1, -0.05) is 25.1 Å². The molecule has 1 aromatic heterocycles. The minimum Gasteiger partial charge on any atom is -0.489 e. The number of halogens is 1. The summed E-state index contributed by atoms with van der Waals surface area (Å²) in [7, 11) is 0. The molecule has 166 valence electrons. The molecule has 4 rings (SSSR count). The van der Waals surface area contributed by atoms with Crippen molar-refractivity contribution in [2.45, 2.75) is 32.9 Å². The van der Waals surface area contributed by atoms with Crippen molar-refractivity contribution < 1.29 is 19.0 Å². The lowest BCUT2D eigenvalue weighted by Gasteiger charge is -2.29. The van der Waals surface area contributed by atoms with Crippen LogP contribution < -0.4 is 4.74 Å². The molecule has 0 aliphatic carbocycles. The normalized spacial score (nSPS) is 14.6. The molecule has 0 amide bonds. The average molecular weight is 435 g/mol. The van der Waals surface area contributed by atoms with Gasteiger partial charge in [0, 0.05) is 55.4 Å². The first-order valence-electron chi connectivity index (χ1n) is 10.7. The highest BCUT2D eigenvalue weighted by Gasteiger charge is 2.21. The number of nitrogens with zero attached hydrogens (tertiary/aromatic N) is 3. The largest absolute Gasteiger partial charge is 0.489 e. The fourth-order valence-electron chi connectivity index (χ4n) is 3.95. The summed E-state index contributed by atoms with van der Waals surface area (Å²) in [4.78, 5) is 22.5. The highest BCUT2D eigenvalue weighted by Crippen LogP contribution is 2.24. The van der Waals surface area contributed by atoms with Crippen molar-refractivity contribution in [3.05, 3.63) is 77.4 Å². The highest BCUT2D eigenvalue weighted by atomic mass is 19.1. The van der Waals surface area contributed by atoms with E-state index in [1.54, 1.807) is 18.2 Å². The third-order valence-electron chi connectivity index (χ3n) is 5.57. The predicted molar refractivity (Wildman–Crippen MR) is 119 cm³/mol. The summed E-state index contributed by atoms with van der Waals surface area (Å²) < 4.78 is 19.4. The van der Waals surface area contributed by atoms with Gasteiger partial charge in [-0.2, -0.15) is 0 Å². The molecule has 3 aromatic rings. The number of hydrogen-bond acceptors (Lipinski definition) is 5. The van der Waals surface area contributed by atoms with E-state index in [4.69, 9.17) is 14.8 Å². The third kappa shape index (κ3) is 5.48. The fraction of sp³-hybridized carbons (Fsp3) is 0.320. The molecular weight excluding hydrogens is 409 g/mol. The summed E-state index contributed by atoms with van der Waals surface area (Å²) in [5.74, 6) is 0.388. The van der Waals surface area contributed by atoms with Crippen LogP contribution in [-0.4, -0.2) is 39.0 Å². The maximum atomic E-state index is 13.7. The van der Waals surface area contributed by atoms with Crippen LogP contribution in [0.2, 0.25) is 0 Å². The topological polar surface area (TPSA) is 75.5 Å². The van der Waals surface area contributed by atoms with Crippen molar-refractivity contribution in [2.75, 3.05) is 13.1 Å². The second-order valence-corrected chi connectivity index (χ2v) is 8.26. The molecule has 0 bridgehead atoms. The number of benzene rings is 2. The zero-order chi connectivity index (χ0) is 22.5. The van der Waals surface area contributed by atoms with Crippen molar-refractivity contribution in [3.63, 3.8) is 0 Å². The summed E-state index contributed by atoms with van der Waals surface area (Å²) in [6, 6.07) is 14.1. The molecule has 0 saturated carbocycles. The van der Waals surface area contributed by atoms with Crippen molar-refractivity contribution in [1.29, 1.82) is 0 Å². The molecule has 2 aromatic carbocycles. The van der Waals surface area contributed by atoms with Crippen LogP contribution in [-0.2, 0) is 24.4 Å². The maximum Gasteiger partial charge on any atom is 0.303 e. The molecule has 1 aliphatic rings. The Balaban J connectivity index is 1.38. The molecule has 1 N–H and O–H groups in total. The smallest absolute Gasteiger partial charge is 0.303 e. The number of rotatable bonds is 8. The first-order valence-corrected chi connectivity index (χ1v) is 10.7. The van der Waals surface area contributed by atoms with Gasteiger partial charge in [-0.15, -0.1) is 0 Å². The number of carboxylic acids is 1. The third-order valence-corrected chi connectivity index (χ3v) is 5.57. The van der Waals surface area contributed by atoms with Crippen LogP contribution in [0.1, 0.15) is 30.2 Å². The molecule has 0 fully saturated rings. The van der Waals surface area contributed by atoms with Gasteiger partial charge in [0.25, 0.3) is 0 Å². The van der Waals surface area contributed by atoms with Gasteiger partial charge in [-0.05, 0) is 36.2 Å². The van der Waals surface area contributed by atoms with Crippen LogP contribution in [0.15, 0.2) is 54.7 Å². The SMILES string of the molecule is CC(CC(=O)O)CN1CCc2nc(-c3ccc(OCc4ccccc4F)cc3)ncc2C1. The van der Waals surface area contributed by atoms with Gasteiger partial charge in [0.05, 0.1) is 5.69 Å². The van der Waals surface area contributed by atoms with Crippen molar-refractivity contribution >= 4 is 5.97 Å². The van der Waals surface area contributed by atoms with E-state index >= 15 is 0 Å². The minimum absolute atomic E-state index is 0.105. The lowest BCUT2D eigenvalue weighted by molar-refractivity contribution is -0.138. The monoisotopic (exact) mass is 435 g/mol. The maximum absolute atomic E-state index is 13.7. The van der Waals surface area contributed by atoms with Crippen molar-refractivity contribution in [3.8, 4) is 17.1 Å². The Morgan fingerprint density at radius 3 is 2.75 bits per heavy atom. The second-order valence-electron chi connectivity index (χ2n) is 8.26. The number of fused-ring (bicyclic) bond motifs is 1. The lowest BCUT2D eigenvalue weighted by Crippen LogP contribution is -2.35. The average Bonchev–Trinajstić information content (AvgIpc) is 2.78. The molecule has 0 spiro atoms. The molecule has 7 heteroatoms. The highest BCUT2D eigenvalue weighted by molar-refractivity contribution is 5.67. The summed E-state index contributed by atoms with van der Waals surface area (Å²) in [6.45, 7) is 4.48. The molecule has 0 radical (unpaired) electrons. The van der Waals surface area contributed by atoms with Crippen molar-refractivity contribution in [1.82, 2.24) is 14.9 Å². The zero-order valence-corrected chi connectivity index (χ0v) is 18.0. The summed E-state index contributed by atoms with van der Waals surface area (Å²) in [6.07, 6.45) is 2.86. The van der Waals surface area contributed by atoms with Gasteiger partial charge >= 0.3 is 5.97 Å². The first-order chi connectivity index (χ1) is 15.5. The van der Waals surface area contributed by atoms with E-state index in [1.807, 2.05) is 37.4 Å². The molecule has 1 atom stereocenters. The van der Waals surface area contributed by atoms with E-state index < -0.39 is 5.97 Å². The van der Waals surface area contributed by atoms with Gasteiger partial charge in [-0.3, -0.25) is 9.69 Å². The number of hydrogen-bond donors (Lipinski definition) is 1.